The molecule has 0 aliphatic carbocycles. The lowest BCUT2D eigenvalue weighted by molar-refractivity contribution is -0.140. The van der Waals surface area contributed by atoms with Gasteiger partial charge in [-0.05, 0) is 25.5 Å². The van der Waals surface area contributed by atoms with Crippen LogP contribution in [0.3, 0.4) is 0 Å². The van der Waals surface area contributed by atoms with E-state index in [1.54, 1.807) is 0 Å². The highest BCUT2D eigenvalue weighted by Crippen LogP contribution is 2.11. The van der Waals surface area contributed by atoms with Gasteiger partial charge in [0, 0.05) is 20.0 Å². The minimum absolute atomic E-state index is 0.370. The number of hydrogen-bond acceptors (Lipinski definition) is 4. The molecule has 0 amide bonds. The van der Waals surface area contributed by atoms with Gasteiger partial charge in [0.2, 0.25) is 0 Å². The molecule has 0 atom stereocenters. The van der Waals surface area contributed by atoms with Gasteiger partial charge >= 0.3 is 5.97 Å². The lowest BCUT2D eigenvalue weighted by Crippen LogP contribution is -2.28. The third-order valence-corrected chi connectivity index (χ3v) is 2.33. The first-order valence-corrected chi connectivity index (χ1v) is 5.26. The van der Waals surface area contributed by atoms with Gasteiger partial charge in [0.25, 0.3) is 0 Å². The van der Waals surface area contributed by atoms with E-state index in [0.29, 0.717) is 0 Å². The van der Waals surface area contributed by atoms with Crippen molar-refractivity contribution in [1.29, 1.82) is 0 Å². The van der Waals surface area contributed by atoms with Crippen LogP contribution >= 0.6 is 0 Å². The number of hydrogen-bond donors (Lipinski definition) is 0. The van der Waals surface area contributed by atoms with Crippen molar-refractivity contribution in [3.05, 3.63) is 11.6 Å². The third kappa shape index (κ3) is 3.83. The summed E-state index contributed by atoms with van der Waals surface area (Å²) in [5.41, 5.74) is 2.05. The normalized spacial score (nSPS) is 18.6. The van der Waals surface area contributed by atoms with E-state index in [2.05, 4.69) is 28.0 Å². The molecule has 0 bridgehead atoms. The fraction of sp³-hybridized carbons (Fsp3) is 0.636. The molecule has 4 heteroatoms. The molecule has 0 spiro atoms. The highest BCUT2D eigenvalue weighted by atomic mass is 16.7. The molecule has 1 heterocycles. The van der Waals surface area contributed by atoms with Crippen molar-refractivity contribution < 1.29 is 9.63 Å². The van der Waals surface area contributed by atoms with Crippen molar-refractivity contribution >= 4 is 11.7 Å². The molecule has 0 fully saturated rings. The van der Waals surface area contributed by atoms with Crippen molar-refractivity contribution in [3.63, 3.8) is 0 Å². The Kier molecular flexibility index (Phi) is 4.49. The van der Waals surface area contributed by atoms with Crippen molar-refractivity contribution in [1.82, 2.24) is 4.90 Å². The summed E-state index contributed by atoms with van der Waals surface area (Å²) in [5, 5.41) is 3.87. The number of oxime groups is 1. The van der Waals surface area contributed by atoms with Crippen molar-refractivity contribution in [3.8, 4) is 0 Å². The first kappa shape index (κ1) is 11.9. The monoisotopic (exact) mass is 210 g/mol. The average molecular weight is 210 g/mol. The van der Waals surface area contributed by atoms with Gasteiger partial charge in [0.05, 0.1) is 5.71 Å². The molecule has 15 heavy (non-hydrogen) atoms. The summed E-state index contributed by atoms with van der Waals surface area (Å²) in [7, 11) is 2.08. The Morgan fingerprint density at radius 3 is 2.93 bits per heavy atom. The fourth-order valence-electron chi connectivity index (χ4n) is 1.57. The maximum atomic E-state index is 10.7. The molecular weight excluding hydrogens is 192 g/mol. The molecule has 0 radical (unpaired) electrons. The van der Waals surface area contributed by atoms with E-state index in [1.165, 1.54) is 12.5 Å². The standard InChI is InChI=1S/C11H18N2O2/c1-4-11(12-15-9(2)14)10-6-5-7-13(3)8-10/h6H,4-5,7-8H2,1-3H3. The van der Waals surface area contributed by atoms with E-state index < -0.39 is 0 Å². The lowest BCUT2D eigenvalue weighted by atomic mass is 10.0. The van der Waals surface area contributed by atoms with Crippen LogP contribution < -0.4 is 0 Å². The Hall–Kier alpha value is -1.16. The van der Waals surface area contributed by atoms with Crippen LogP contribution in [0, 0.1) is 0 Å². The van der Waals surface area contributed by atoms with Crippen LogP contribution in [0.2, 0.25) is 0 Å². The van der Waals surface area contributed by atoms with E-state index in [-0.39, 0.29) is 5.97 Å². The quantitative estimate of drug-likeness (QED) is 0.403. The van der Waals surface area contributed by atoms with Crippen molar-refractivity contribution in [2.75, 3.05) is 20.1 Å². The molecule has 1 aliphatic rings. The van der Waals surface area contributed by atoms with Gasteiger partial charge in [-0.25, -0.2) is 4.79 Å². The maximum absolute atomic E-state index is 10.7. The minimum Gasteiger partial charge on any atom is -0.318 e. The second-order valence-corrected chi connectivity index (χ2v) is 3.73. The fourth-order valence-corrected chi connectivity index (χ4v) is 1.57. The van der Waals surface area contributed by atoms with E-state index >= 15 is 0 Å². The number of carbonyl (C=O) groups excluding carboxylic acids is 1. The van der Waals surface area contributed by atoms with Crippen LogP contribution in [-0.4, -0.2) is 36.7 Å². The van der Waals surface area contributed by atoms with Crippen LogP contribution in [0.4, 0.5) is 0 Å². The van der Waals surface area contributed by atoms with Gasteiger partial charge in [-0.15, -0.1) is 0 Å². The summed E-state index contributed by atoms with van der Waals surface area (Å²) in [6.07, 6.45) is 3.99. The van der Waals surface area contributed by atoms with Crippen LogP contribution in [0.5, 0.6) is 0 Å². The number of likely N-dealkylation sites (N-methyl/N-ethyl adjacent to an activating group) is 1. The second kappa shape index (κ2) is 5.66. The largest absolute Gasteiger partial charge is 0.331 e. The van der Waals surface area contributed by atoms with Crippen LogP contribution in [0.15, 0.2) is 16.8 Å². The first-order valence-electron chi connectivity index (χ1n) is 5.26. The summed E-state index contributed by atoms with van der Waals surface area (Å²) in [6.45, 7) is 5.33. The Morgan fingerprint density at radius 2 is 2.40 bits per heavy atom. The molecule has 0 aromatic heterocycles. The first-order chi connectivity index (χ1) is 7.13. The number of carbonyl (C=O) groups is 1. The van der Waals surface area contributed by atoms with Gasteiger partial charge < -0.3 is 9.74 Å². The molecular formula is C11H18N2O2. The van der Waals surface area contributed by atoms with Gasteiger partial charge in [0.15, 0.2) is 0 Å². The van der Waals surface area contributed by atoms with Gasteiger partial charge in [-0.1, -0.05) is 18.2 Å². The topological polar surface area (TPSA) is 41.9 Å². The van der Waals surface area contributed by atoms with Crippen LogP contribution in [-0.2, 0) is 9.63 Å². The molecule has 0 saturated carbocycles. The summed E-state index contributed by atoms with van der Waals surface area (Å²) in [4.78, 5) is 17.6. The Balaban J connectivity index is 2.69. The molecule has 1 rings (SSSR count). The maximum Gasteiger partial charge on any atom is 0.331 e. The predicted octanol–water partition coefficient (Wildman–Crippen LogP) is 1.58. The van der Waals surface area contributed by atoms with Crippen molar-refractivity contribution in [2.45, 2.75) is 26.7 Å². The highest BCUT2D eigenvalue weighted by molar-refractivity contribution is 6.00. The molecule has 4 nitrogen and oxygen atoms in total. The molecule has 0 N–H and O–H groups in total. The Bertz CT molecular complexity index is 295. The van der Waals surface area contributed by atoms with Gasteiger partial charge in [-0.3, -0.25) is 0 Å². The summed E-state index contributed by atoms with van der Waals surface area (Å²) in [6, 6.07) is 0. The molecule has 0 unspecified atom stereocenters. The number of rotatable bonds is 3. The zero-order valence-corrected chi connectivity index (χ0v) is 9.62. The van der Waals surface area contributed by atoms with E-state index in [1.807, 2.05) is 6.92 Å². The highest BCUT2D eigenvalue weighted by Gasteiger charge is 2.13. The zero-order valence-electron chi connectivity index (χ0n) is 9.62. The SMILES string of the molecule is CCC(=NOC(C)=O)C1=CCCN(C)C1. The smallest absolute Gasteiger partial charge is 0.318 e. The van der Waals surface area contributed by atoms with E-state index in [0.717, 1.165) is 31.6 Å². The average Bonchev–Trinajstić information content (AvgIpc) is 2.18. The van der Waals surface area contributed by atoms with Crippen molar-refractivity contribution in [2.24, 2.45) is 5.16 Å². The minimum atomic E-state index is -0.370. The van der Waals surface area contributed by atoms with E-state index in [9.17, 15) is 4.79 Å². The second-order valence-electron chi connectivity index (χ2n) is 3.73. The molecule has 0 aromatic carbocycles. The van der Waals surface area contributed by atoms with Crippen LogP contribution in [0.1, 0.15) is 26.7 Å². The van der Waals surface area contributed by atoms with E-state index in [4.69, 9.17) is 0 Å². The zero-order chi connectivity index (χ0) is 11.3. The Labute approximate surface area is 90.6 Å². The van der Waals surface area contributed by atoms with Crippen LogP contribution in [0.25, 0.3) is 0 Å². The van der Waals surface area contributed by atoms with Gasteiger partial charge in [0.1, 0.15) is 0 Å². The Morgan fingerprint density at radius 1 is 1.67 bits per heavy atom. The molecule has 0 aromatic rings. The lowest BCUT2D eigenvalue weighted by Gasteiger charge is -2.23. The third-order valence-electron chi connectivity index (χ3n) is 2.33. The molecule has 84 valence electrons. The van der Waals surface area contributed by atoms with Gasteiger partial charge in [-0.2, -0.15) is 0 Å². The summed E-state index contributed by atoms with van der Waals surface area (Å²) >= 11 is 0. The molecule has 1 aliphatic heterocycles. The summed E-state index contributed by atoms with van der Waals surface area (Å²) in [5.74, 6) is -0.370. The summed E-state index contributed by atoms with van der Waals surface area (Å²) < 4.78 is 0. The molecule has 0 saturated heterocycles. The number of nitrogens with zero attached hydrogens (tertiary/aromatic N) is 2. The predicted molar refractivity (Wildman–Crippen MR) is 59.7 cm³/mol.